The van der Waals surface area contributed by atoms with Crippen LogP contribution in [0, 0.1) is 5.41 Å². The monoisotopic (exact) mass is 313 g/mol. The van der Waals surface area contributed by atoms with Crippen molar-refractivity contribution in [3.05, 3.63) is 0 Å². The first kappa shape index (κ1) is 18.3. The molecular weight excluding hydrogens is 286 g/mol. The zero-order valence-electron chi connectivity index (χ0n) is 14.3. The molecule has 1 heterocycles. The predicted molar refractivity (Wildman–Crippen MR) is 83.1 cm³/mol. The number of oxime groups is 1. The average molecular weight is 313 g/mol. The Morgan fingerprint density at radius 1 is 1.18 bits per heavy atom. The second-order valence-electron chi connectivity index (χ2n) is 7.47. The van der Waals surface area contributed by atoms with Crippen LogP contribution in [0.1, 0.15) is 54.4 Å². The van der Waals surface area contributed by atoms with Gasteiger partial charge in [0.25, 0.3) is 0 Å². The van der Waals surface area contributed by atoms with Gasteiger partial charge in [-0.05, 0) is 33.6 Å². The van der Waals surface area contributed by atoms with E-state index in [0.717, 1.165) is 6.42 Å². The van der Waals surface area contributed by atoms with E-state index in [2.05, 4.69) is 5.16 Å². The van der Waals surface area contributed by atoms with Crippen molar-refractivity contribution < 1.29 is 19.2 Å². The summed E-state index contributed by atoms with van der Waals surface area (Å²) in [6, 6.07) is -0.675. The van der Waals surface area contributed by atoms with E-state index in [9.17, 15) is 9.59 Å². The van der Waals surface area contributed by atoms with E-state index in [4.69, 9.17) is 15.3 Å². The third-order valence-corrected chi connectivity index (χ3v) is 3.16. The molecule has 1 aliphatic rings. The molecule has 1 amide bonds. The van der Waals surface area contributed by atoms with Gasteiger partial charge in [0.05, 0.1) is 0 Å². The fraction of sp³-hybridized carbons (Fsp3) is 0.800. The van der Waals surface area contributed by atoms with Crippen molar-refractivity contribution in [1.29, 1.82) is 0 Å². The van der Waals surface area contributed by atoms with E-state index in [0.29, 0.717) is 13.0 Å². The standard InChI is InChI=1S/C15H27N3O4/c1-14(2,3)12(16)17-22-11(19)10-8-7-9-18(10)13(20)21-15(4,5)6/h10H,7-9H2,1-6H3,(H2,16,17)/t10-/m0/s1. The second kappa shape index (κ2) is 6.54. The number of amidine groups is 1. The minimum absolute atomic E-state index is 0.225. The van der Waals surface area contributed by atoms with Crippen molar-refractivity contribution in [3.8, 4) is 0 Å². The fourth-order valence-electron chi connectivity index (χ4n) is 1.84. The normalized spacial score (nSPS) is 20.0. The summed E-state index contributed by atoms with van der Waals surface area (Å²) in [5.41, 5.74) is 4.75. The van der Waals surface area contributed by atoms with Crippen LogP contribution < -0.4 is 5.73 Å². The highest BCUT2D eigenvalue weighted by atomic mass is 16.7. The average Bonchev–Trinajstić information content (AvgIpc) is 2.81. The molecule has 1 atom stereocenters. The molecule has 22 heavy (non-hydrogen) atoms. The van der Waals surface area contributed by atoms with Gasteiger partial charge in [-0.25, -0.2) is 9.59 Å². The molecule has 1 fully saturated rings. The Balaban J connectivity index is 2.70. The molecular formula is C15H27N3O4. The van der Waals surface area contributed by atoms with Crippen LogP contribution in [0.25, 0.3) is 0 Å². The van der Waals surface area contributed by atoms with Crippen LogP contribution >= 0.6 is 0 Å². The highest BCUT2D eigenvalue weighted by Gasteiger charge is 2.38. The lowest BCUT2D eigenvalue weighted by Gasteiger charge is -2.27. The lowest BCUT2D eigenvalue weighted by Crippen LogP contribution is -2.44. The Hall–Kier alpha value is -1.79. The fourth-order valence-corrected chi connectivity index (χ4v) is 1.84. The Kier molecular flexibility index (Phi) is 5.43. The molecule has 0 spiro atoms. The molecule has 0 radical (unpaired) electrons. The largest absolute Gasteiger partial charge is 0.444 e. The number of carbonyl (C=O) groups excluding carboxylic acids is 2. The Morgan fingerprint density at radius 2 is 1.77 bits per heavy atom. The van der Waals surface area contributed by atoms with Crippen molar-refractivity contribution in [1.82, 2.24) is 4.90 Å². The van der Waals surface area contributed by atoms with E-state index >= 15 is 0 Å². The van der Waals surface area contributed by atoms with Gasteiger partial charge in [-0.2, -0.15) is 0 Å². The summed E-state index contributed by atoms with van der Waals surface area (Å²) in [5, 5.41) is 3.67. The summed E-state index contributed by atoms with van der Waals surface area (Å²) in [6.45, 7) is 11.4. The topological polar surface area (TPSA) is 94.2 Å². The summed E-state index contributed by atoms with van der Waals surface area (Å²) in [6.07, 6.45) is 0.736. The van der Waals surface area contributed by atoms with Crippen LogP contribution in [-0.2, 0) is 14.4 Å². The van der Waals surface area contributed by atoms with Gasteiger partial charge in [0.15, 0.2) is 0 Å². The Bertz CT molecular complexity index is 460. The molecule has 0 aliphatic carbocycles. The maximum absolute atomic E-state index is 12.1. The number of ether oxygens (including phenoxy) is 1. The van der Waals surface area contributed by atoms with E-state index in [1.807, 2.05) is 20.8 Å². The number of carbonyl (C=O) groups is 2. The highest BCUT2D eigenvalue weighted by Crippen LogP contribution is 2.22. The van der Waals surface area contributed by atoms with Crippen LogP contribution in [-0.4, -0.2) is 41.0 Å². The van der Waals surface area contributed by atoms with Gasteiger partial charge in [-0.15, -0.1) is 0 Å². The summed E-state index contributed by atoms with van der Waals surface area (Å²) in [5.74, 6) is -0.363. The maximum Gasteiger partial charge on any atom is 0.411 e. The number of hydrogen-bond donors (Lipinski definition) is 1. The first-order valence-electron chi connectivity index (χ1n) is 7.46. The van der Waals surface area contributed by atoms with Crippen molar-refractivity contribution in [2.45, 2.75) is 66.0 Å². The summed E-state index contributed by atoms with van der Waals surface area (Å²) in [7, 11) is 0. The first-order valence-corrected chi connectivity index (χ1v) is 7.46. The molecule has 2 N–H and O–H groups in total. The Morgan fingerprint density at radius 3 is 2.27 bits per heavy atom. The molecule has 1 saturated heterocycles. The van der Waals surface area contributed by atoms with Crippen molar-refractivity contribution >= 4 is 17.9 Å². The van der Waals surface area contributed by atoms with Gasteiger partial charge in [0.2, 0.25) is 0 Å². The molecule has 1 aliphatic heterocycles. The third-order valence-electron chi connectivity index (χ3n) is 3.16. The van der Waals surface area contributed by atoms with Gasteiger partial charge in [-0.3, -0.25) is 4.90 Å². The lowest BCUT2D eigenvalue weighted by atomic mass is 9.96. The quantitative estimate of drug-likeness (QED) is 0.365. The van der Waals surface area contributed by atoms with Gasteiger partial charge >= 0.3 is 12.1 Å². The number of amides is 1. The molecule has 0 saturated carbocycles. The molecule has 0 aromatic carbocycles. The van der Waals surface area contributed by atoms with Crippen LogP contribution in [0.4, 0.5) is 4.79 Å². The number of hydrogen-bond acceptors (Lipinski definition) is 5. The van der Waals surface area contributed by atoms with Crippen LogP contribution in [0.2, 0.25) is 0 Å². The number of nitrogens with two attached hydrogens (primary N) is 1. The third kappa shape index (κ3) is 5.20. The van der Waals surface area contributed by atoms with Crippen molar-refractivity contribution in [2.75, 3.05) is 6.54 Å². The van der Waals surface area contributed by atoms with Crippen molar-refractivity contribution in [3.63, 3.8) is 0 Å². The number of rotatable bonds is 2. The minimum atomic E-state index is -0.675. The molecule has 7 nitrogen and oxygen atoms in total. The first-order chi connectivity index (χ1) is 9.92. The van der Waals surface area contributed by atoms with Gasteiger partial charge in [0.1, 0.15) is 17.5 Å². The zero-order chi connectivity index (χ0) is 17.1. The van der Waals surface area contributed by atoms with E-state index in [-0.39, 0.29) is 11.3 Å². The predicted octanol–water partition coefficient (Wildman–Crippen LogP) is 2.25. The molecule has 0 aromatic rings. The summed E-state index contributed by atoms with van der Waals surface area (Å²) < 4.78 is 5.30. The minimum Gasteiger partial charge on any atom is -0.444 e. The second-order valence-corrected chi connectivity index (χ2v) is 7.47. The highest BCUT2D eigenvalue weighted by molar-refractivity contribution is 5.87. The van der Waals surface area contributed by atoms with E-state index in [1.165, 1.54) is 4.90 Å². The smallest absolute Gasteiger partial charge is 0.411 e. The Labute approximate surface area is 131 Å². The van der Waals surface area contributed by atoms with Gasteiger partial charge < -0.3 is 15.3 Å². The zero-order valence-corrected chi connectivity index (χ0v) is 14.3. The van der Waals surface area contributed by atoms with E-state index in [1.54, 1.807) is 20.8 Å². The lowest BCUT2D eigenvalue weighted by molar-refractivity contribution is -0.148. The molecule has 126 valence electrons. The van der Waals surface area contributed by atoms with Crippen LogP contribution in [0.3, 0.4) is 0 Å². The molecule has 1 rings (SSSR count). The SMILES string of the molecule is CC(C)(C)OC(=O)N1CCC[C@H]1C(=O)O/N=C(\N)C(C)(C)C. The molecule has 0 aromatic heterocycles. The van der Waals surface area contributed by atoms with Crippen molar-refractivity contribution in [2.24, 2.45) is 16.3 Å². The van der Waals surface area contributed by atoms with E-state index < -0.39 is 23.7 Å². The van der Waals surface area contributed by atoms with Gasteiger partial charge in [0, 0.05) is 12.0 Å². The molecule has 0 unspecified atom stereocenters. The maximum atomic E-state index is 12.1. The molecule has 0 bridgehead atoms. The van der Waals surface area contributed by atoms with Crippen LogP contribution in [0.5, 0.6) is 0 Å². The molecule has 7 heteroatoms. The van der Waals surface area contributed by atoms with Gasteiger partial charge in [-0.1, -0.05) is 25.9 Å². The summed E-state index contributed by atoms with van der Waals surface area (Å²) >= 11 is 0. The summed E-state index contributed by atoms with van der Waals surface area (Å²) in [4.78, 5) is 30.5. The van der Waals surface area contributed by atoms with Crippen LogP contribution in [0.15, 0.2) is 5.16 Å². The number of nitrogens with zero attached hydrogens (tertiary/aromatic N) is 2. The number of likely N-dealkylation sites (tertiary alicyclic amines) is 1.